The summed E-state index contributed by atoms with van der Waals surface area (Å²) in [4.78, 5) is 10.9. The summed E-state index contributed by atoms with van der Waals surface area (Å²) >= 11 is 0. The Hall–Kier alpha value is -1.11. The molecule has 1 nitrogen and oxygen atoms in total. The van der Waals surface area contributed by atoms with Crippen LogP contribution in [0.5, 0.6) is 0 Å². The third-order valence-electron chi connectivity index (χ3n) is 3.14. The number of aryl methyl sites for hydroxylation is 2. The Kier molecular flexibility index (Phi) is 2.64. The van der Waals surface area contributed by atoms with Crippen molar-refractivity contribution in [1.29, 1.82) is 0 Å². The van der Waals surface area contributed by atoms with Gasteiger partial charge in [0.2, 0.25) is 0 Å². The van der Waals surface area contributed by atoms with Crippen LogP contribution >= 0.6 is 0 Å². The Bertz CT molecular complexity index is 377. The van der Waals surface area contributed by atoms with Crippen LogP contribution in [0.3, 0.4) is 0 Å². The minimum atomic E-state index is -0.229. The number of rotatable bonds is 3. The Morgan fingerprint density at radius 2 is 2.00 bits per heavy atom. The van der Waals surface area contributed by atoms with Crippen LogP contribution in [-0.2, 0) is 24.1 Å². The van der Waals surface area contributed by atoms with Gasteiger partial charge in [0.15, 0.2) is 0 Å². The van der Waals surface area contributed by atoms with Gasteiger partial charge in [-0.05, 0) is 42.4 Å². The molecule has 0 amide bonds. The fraction of sp³-hybridized carbons (Fsp3) is 0.500. The van der Waals surface area contributed by atoms with Crippen LogP contribution in [0.2, 0.25) is 0 Å². The molecule has 0 saturated heterocycles. The summed E-state index contributed by atoms with van der Waals surface area (Å²) in [6.07, 6.45) is 5.64. The second-order valence-corrected chi connectivity index (χ2v) is 5.24. The first-order chi connectivity index (χ1) is 7.11. The second kappa shape index (κ2) is 3.80. The third kappa shape index (κ3) is 2.28. The molecule has 0 radical (unpaired) electrons. The van der Waals surface area contributed by atoms with E-state index in [1.807, 2.05) is 13.8 Å². The molecule has 1 aliphatic carbocycles. The molecule has 1 aromatic carbocycles. The maximum atomic E-state index is 10.9. The van der Waals surface area contributed by atoms with Crippen molar-refractivity contribution < 1.29 is 4.79 Å². The maximum Gasteiger partial charge on any atom is 0.125 e. The molecule has 80 valence electrons. The van der Waals surface area contributed by atoms with E-state index in [0.29, 0.717) is 0 Å². The van der Waals surface area contributed by atoms with Gasteiger partial charge in [0.05, 0.1) is 0 Å². The Morgan fingerprint density at radius 3 is 2.73 bits per heavy atom. The molecular weight excluding hydrogens is 184 g/mol. The van der Waals surface area contributed by atoms with E-state index in [4.69, 9.17) is 0 Å². The standard InChI is InChI=1S/C14H18O/c1-14(2,10-15)9-11-6-7-12-4-3-5-13(12)8-11/h6-8,10H,3-5,9H2,1-2H3. The lowest BCUT2D eigenvalue weighted by molar-refractivity contribution is -0.114. The molecule has 0 unspecified atom stereocenters. The lowest BCUT2D eigenvalue weighted by Gasteiger charge is -2.17. The van der Waals surface area contributed by atoms with Crippen molar-refractivity contribution in [2.75, 3.05) is 0 Å². The predicted molar refractivity (Wildman–Crippen MR) is 62.0 cm³/mol. The van der Waals surface area contributed by atoms with Crippen molar-refractivity contribution in [2.24, 2.45) is 5.41 Å². The second-order valence-electron chi connectivity index (χ2n) is 5.24. The van der Waals surface area contributed by atoms with Gasteiger partial charge in [0, 0.05) is 5.41 Å². The average molecular weight is 202 g/mol. The van der Waals surface area contributed by atoms with Gasteiger partial charge in [-0.2, -0.15) is 0 Å². The Morgan fingerprint density at radius 1 is 1.27 bits per heavy atom. The first-order valence-electron chi connectivity index (χ1n) is 5.68. The fourth-order valence-corrected chi connectivity index (χ4v) is 2.30. The van der Waals surface area contributed by atoms with Gasteiger partial charge in [0.1, 0.15) is 6.29 Å². The van der Waals surface area contributed by atoms with Gasteiger partial charge >= 0.3 is 0 Å². The Balaban J connectivity index is 2.20. The lowest BCUT2D eigenvalue weighted by atomic mass is 9.86. The summed E-state index contributed by atoms with van der Waals surface area (Å²) in [6, 6.07) is 6.70. The summed E-state index contributed by atoms with van der Waals surface area (Å²) in [6.45, 7) is 3.99. The van der Waals surface area contributed by atoms with Crippen molar-refractivity contribution in [3.8, 4) is 0 Å². The summed E-state index contributed by atoms with van der Waals surface area (Å²) in [5.74, 6) is 0. The van der Waals surface area contributed by atoms with Crippen molar-refractivity contribution >= 4 is 6.29 Å². The molecule has 15 heavy (non-hydrogen) atoms. The topological polar surface area (TPSA) is 17.1 Å². The normalized spacial score (nSPS) is 15.1. The monoisotopic (exact) mass is 202 g/mol. The number of carbonyl (C=O) groups is 1. The molecule has 0 saturated carbocycles. The van der Waals surface area contributed by atoms with Crippen molar-refractivity contribution in [3.05, 3.63) is 34.9 Å². The first kappa shape index (κ1) is 10.4. The number of hydrogen-bond donors (Lipinski definition) is 0. The fourth-order valence-electron chi connectivity index (χ4n) is 2.30. The molecule has 0 spiro atoms. The van der Waals surface area contributed by atoms with Gasteiger partial charge < -0.3 is 4.79 Å². The molecule has 0 fully saturated rings. The smallest absolute Gasteiger partial charge is 0.125 e. The van der Waals surface area contributed by atoms with E-state index >= 15 is 0 Å². The summed E-state index contributed by atoms with van der Waals surface area (Å²) in [5.41, 5.74) is 4.07. The zero-order chi connectivity index (χ0) is 10.9. The third-order valence-corrected chi connectivity index (χ3v) is 3.14. The minimum Gasteiger partial charge on any atom is -0.303 e. The molecule has 0 bridgehead atoms. The van der Waals surface area contributed by atoms with E-state index in [1.54, 1.807) is 0 Å². The molecule has 1 aliphatic rings. The zero-order valence-corrected chi connectivity index (χ0v) is 9.55. The number of aldehydes is 1. The van der Waals surface area contributed by atoms with Crippen LogP contribution in [0.4, 0.5) is 0 Å². The molecule has 0 heterocycles. The molecule has 0 N–H and O–H groups in total. The van der Waals surface area contributed by atoms with Gasteiger partial charge in [-0.1, -0.05) is 32.0 Å². The van der Waals surface area contributed by atoms with Crippen LogP contribution in [0.15, 0.2) is 18.2 Å². The number of benzene rings is 1. The largest absolute Gasteiger partial charge is 0.303 e. The summed E-state index contributed by atoms with van der Waals surface area (Å²) in [5, 5.41) is 0. The highest BCUT2D eigenvalue weighted by Crippen LogP contribution is 2.26. The van der Waals surface area contributed by atoms with Crippen molar-refractivity contribution in [2.45, 2.75) is 39.5 Å². The van der Waals surface area contributed by atoms with E-state index in [-0.39, 0.29) is 5.41 Å². The van der Waals surface area contributed by atoms with E-state index in [2.05, 4.69) is 18.2 Å². The Labute approximate surface area is 91.5 Å². The molecule has 0 aliphatic heterocycles. The van der Waals surface area contributed by atoms with Crippen LogP contribution in [0.1, 0.15) is 37.0 Å². The highest BCUT2D eigenvalue weighted by atomic mass is 16.1. The maximum absolute atomic E-state index is 10.9. The predicted octanol–water partition coefficient (Wildman–Crippen LogP) is 2.94. The van der Waals surface area contributed by atoms with E-state index in [0.717, 1.165) is 12.7 Å². The minimum absolute atomic E-state index is 0.229. The van der Waals surface area contributed by atoms with Crippen LogP contribution < -0.4 is 0 Å². The quantitative estimate of drug-likeness (QED) is 0.689. The molecule has 1 aromatic rings. The SMILES string of the molecule is CC(C)(C=O)Cc1ccc2c(c1)CCC2. The molecule has 0 atom stereocenters. The molecule has 2 rings (SSSR count). The van der Waals surface area contributed by atoms with Gasteiger partial charge in [-0.3, -0.25) is 0 Å². The first-order valence-corrected chi connectivity index (χ1v) is 5.68. The van der Waals surface area contributed by atoms with Gasteiger partial charge in [0.25, 0.3) is 0 Å². The van der Waals surface area contributed by atoms with Gasteiger partial charge in [-0.15, -0.1) is 0 Å². The number of hydrogen-bond acceptors (Lipinski definition) is 1. The van der Waals surface area contributed by atoms with Crippen LogP contribution in [0, 0.1) is 5.41 Å². The highest BCUT2D eigenvalue weighted by molar-refractivity contribution is 5.58. The van der Waals surface area contributed by atoms with Gasteiger partial charge in [-0.25, -0.2) is 0 Å². The van der Waals surface area contributed by atoms with E-state index < -0.39 is 0 Å². The van der Waals surface area contributed by atoms with E-state index in [9.17, 15) is 4.79 Å². The summed E-state index contributed by atoms with van der Waals surface area (Å²) < 4.78 is 0. The lowest BCUT2D eigenvalue weighted by Crippen LogP contribution is -2.16. The van der Waals surface area contributed by atoms with Crippen molar-refractivity contribution in [3.63, 3.8) is 0 Å². The van der Waals surface area contributed by atoms with Crippen LogP contribution in [0.25, 0.3) is 0 Å². The molecular formula is C14H18O. The molecule has 0 aromatic heterocycles. The zero-order valence-electron chi connectivity index (χ0n) is 9.55. The average Bonchev–Trinajstić information content (AvgIpc) is 2.64. The number of carbonyl (C=O) groups excluding carboxylic acids is 1. The number of fused-ring (bicyclic) bond motifs is 1. The molecule has 1 heteroatoms. The van der Waals surface area contributed by atoms with Crippen molar-refractivity contribution in [1.82, 2.24) is 0 Å². The van der Waals surface area contributed by atoms with Crippen LogP contribution in [-0.4, -0.2) is 6.29 Å². The summed E-state index contributed by atoms with van der Waals surface area (Å²) in [7, 11) is 0. The highest BCUT2D eigenvalue weighted by Gasteiger charge is 2.18. The van der Waals surface area contributed by atoms with E-state index in [1.165, 1.54) is 36.0 Å².